The Morgan fingerprint density at radius 2 is 1.76 bits per heavy atom. The molecular formula is C18H20O3. The number of hydrogen-bond donors (Lipinski definition) is 0. The van der Waals surface area contributed by atoms with Gasteiger partial charge in [-0.2, -0.15) is 0 Å². The molecule has 0 saturated heterocycles. The maximum atomic E-state index is 11.8. The summed E-state index contributed by atoms with van der Waals surface area (Å²) in [7, 11) is 0. The van der Waals surface area contributed by atoms with E-state index < -0.39 is 5.97 Å². The van der Waals surface area contributed by atoms with Gasteiger partial charge in [0.2, 0.25) is 0 Å². The standard InChI is InChI=1S/C18H20O3/c1-4-15-6-8-16(9-7-15)20-12-18(19)21-17-10-5-13(2)11-14(17)3/h5-11H,4,12H2,1-3H3. The minimum Gasteiger partial charge on any atom is -0.482 e. The largest absolute Gasteiger partial charge is 0.482 e. The van der Waals surface area contributed by atoms with Gasteiger partial charge in [-0.1, -0.05) is 36.8 Å². The summed E-state index contributed by atoms with van der Waals surface area (Å²) in [6.07, 6.45) is 0.981. The normalized spacial score (nSPS) is 10.2. The van der Waals surface area contributed by atoms with Gasteiger partial charge in [-0.25, -0.2) is 4.79 Å². The van der Waals surface area contributed by atoms with Crippen molar-refractivity contribution in [1.29, 1.82) is 0 Å². The second-order valence-corrected chi connectivity index (χ2v) is 5.03. The van der Waals surface area contributed by atoms with Gasteiger partial charge in [-0.05, 0) is 49.6 Å². The van der Waals surface area contributed by atoms with Crippen LogP contribution in [0.25, 0.3) is 0 Å². The zero-order valence-corrected chi connectivity index (χ0v) is 12.7. The van der Waals surface area contributed by atoms with Gasteiger partial charge < -0.3 is 9.47 Å². The first-order valence-corrected chi connectivity index (χ1v) is 7.08. The number of aryl methyl sites for hydroxylation is 3. The number of esters is 1. The van der Waals surface area contributed by atoms with Crippen molar-refractivity contribution in [2.45, 2.75) is 27.2 Å². The molecule has 0 radical (unpaired) electrons. The quantitative estimate of drug-likeness (QED) is 0.618. The first-order chi connectivity index (χ1) is 10.1. The highest BCUT2D eigenvalue weighted by Crippen LogP contribution is 2.19. The summed E-state index contributed by atoms with van der Waals surface area (Å²) >= 11 is 0. The molecule has 110 valence electrons. The second-order valence-electron chi connectivity index (χ2n) is 5.03. The Labute approximate surface area is 125 Å². The Kier molecular flexibility index (Phi) is 4.99. The van der Waals surface area contributed by atoms with E-state index >= 15 is 0 Å². The van der Waals surface area contributed by atoms with Crippen LogP contribution in [0.5, 0.6) is 11.5 Å². The maximum absolute atomic E-state index is 11.8. The van der Waals surface area contributed by atoms with Crippen LogP contribution in [-0.2, 0) is 11.2 Å². The van der Waals surface area contributed by atoms with E-state index in [2.05, 4.69) is 6.92 Å². The van der Waals surface area contributed by atoms with E-state index in [4.69, 9.17) is 9.47 Å². The lowest BCUT2D eigenvalue weighted by Crippen LogP contribution is -2.18. The fourth-order valence-corrected chi connectivity index (χ4v) is 2.03. The number of hydrogen-bond acceptors (Lipinski definition) is 3. The van der Waals surface area contributed by atoms with E-state index in [1.54, 1.807) is 6.07 Å². The minimum atomic E-state index is -0.401. The topological polar surface area (TPSA) is 35.5 Å². The van der Waals surface area contributed by atoms with Gasteiger partial charge in [-0.3, -0.25) is 0 Å². The maximum Gasteiger partial charge on any atom is 0.349 e. The van der Waals surface area contributed by atoms with Crippen molar-refractivity contribution in [2.24, 2.45) is 0 Å². The molecule has 2 aromatic rings. The molecule has 21 heavy (non-hydrogen) atoms. The van der Waals surface area contributed by atoms with E-state index in [-0.39, 0.29) is 6.61 Å². The number of rotatable bonds is 5. The summed E-state index contributed by atoms with van der Waals surface area (Å²) < 4.78 is 10.7. The number of carbonyl (C=O) groups is 1. The molecule has 0 bridgehead atoms. The number of ether oxygens (including phenoxy) is 2. The monoisotopic (exact) mass is 284 g/mol. The van der Waals surface area contributed by atoms with E-state index in [1.165, 1.54) is 5.56 Å². The lowest BCUT2D eigenvalue weighted by atomic mass is 10.1. The van der Waals surface area contributed by atoms with Gasteiger partial charge in [-0.15, -0.1) is 0 Å². The Morgan fingerprint density at radius 3 is 2.38 bits per heavy atom. The van der Waals surface area contributed by atoms with E-state index in [0.717, 1.165) is 17.5 Å². The predicted molar refractivity (Wildman–Crippen MR) is 82.9 cm³/mol. The van der Waals surface area contributed by atoms with E-state index in [9.17, 15) is 4.79 Å². The molecular weight excluding hydrogens is 264 g/mol. The van der Waals surface area contributed by atoms with Crippen molar-refractivity contribution in [3.63, 3.8) is 0 Å². The lowest BCUT2D eigenvalue weighted by Gasteiger charge is -2.09. The van der Waals surface area contributed by atoms with Crippen LogP contribution >= 0.6 is 0 Å². The molecule has 0 amide bonds. The fourth-order valence-electron chi connectivity index (χ4n) is 2.03. The van der Waals surface area contributed by atoms with E-state index in [0.29, 0.717) is 11.5 Å². The van der Waals surface area contributed by atoms with Crippen molar-refractivity contribution in [3.8, 4) is 11.5 Å². The summed E-state index contributed by atoms with van der Waals surface area (Å²) in [6, 6.07) is 13.4. The summed E-state index contributed by atoms with van der Waals surface area (Å²) in [4.78, 5) is 11.8. The molecule has 0 spiro atoms. The van der Waals surface area contributed by atoms with Crippen molar-refractivity contribution in [3.05, 3.63) is 59.2 Å². The van der Waals surface area contributed by atoms with Gasteiger partial charge in [0, 0.05) is 0 Å². The number of carbonyl (C=O) groups excluding carboxylic acids is 1. The molecule has 0 aromatic heterocycles. The lowest BCUT2D eigenvalue weighted by molar-refractivity contribution is -0.136. The molecule has 0 aliphatic carbocycles. The zero-order chi connectivity index (χ0) is 15.2. The van der Waals surface area contributed by atoms with Crippen LogP contribution in [0.3, 0.4) is 0 Å². The third-order valence-electron chi connectivity index (χ3n) is 3.24. The molecule has 2 rings (SSSR count). The average molecular weight is 284 g/mol. The van der Waals surface area contributed by atoms with Crippen molar-refractivity contribution < 1.29 is 14.3 Å². The summed E-state index contributed by atoms with van der Waals surface area (Å²) in [5.41, 5.74) is 3.32. The van der Waals surface area contributed by atoms with Gasteiger partial charge in [0.1, 0.15) is 11.5 Å². The molecule has 0 aliphatic rings. The molecule has 0 heterocycles. The van der Waals surface area contributed by atoms with Crippen molar-refractivity contribution in [1.82, 2.24) is 0 Å². The molecule has 3 heteroatoms. The molecule has 0 aliphatic heterocycles. The Balaban J connectivity index is 1.89. The van der Waals surface area contributed by atoms with Crippen LogP contribution in [-0.4, -0.2) is 12.6 Å². The van der Waals surface area contributed by atoms with Gasteiger partial charge in [0.25, 0.3) is 0 Å². The van der Waals surface area contributed by atoms with Crippen molar-refractivity contribution >= 4 is 5.97 Å². The predicted octanol–water partition coefficient (Wildman–Crippen LogP) is 3.85. The Bertz CT molecular complexity index is 615. The second kappa shape index (κ2) is 6.93. The molecule has 0 saturated carbocycles. The van der Waals surface area contributed by atoms with Crippen LogP contribution in [0.1, 0.15) is 23.6 Å². The smallest absolute Gasteiger partial charge is 0.349 e. The van der Waals surface area contributed by atoms with Crippen LogP contribution in [0.15, 0.2) is 42.5 Å². The number of benzene rings is 2. The minimum absolute atomic E-state index is 0.0984. The first kappa shape index (κ1) is 15.1. The molecule has 3 nitrogen and oxygen atoms in total. The Hall–Kier alpha value is -2.29. The van der Waals surface area contributed by atoms with E-state index in [1.807, 2.05) is 50.2 Å². The van der Waals surface area contributed by atoms with Gasteiger partial charge >= 0.3 is 5.97 Å². The van der Waals surface area contributed by atoms with Gasteiger partial charge in [0.05, 0.1) is 0 Å². The summed E-state index contributed by atoms with van der Waals surface area (Å²) in [5, 5.41) is 0. The molecule has 0 fully saturated rings. The SMILES string of the molecule is CCc1ccc(OCC(=O)Oc2ccc(C)cc2C)cc1. The van der Waals surface area contributed by atoms with Crippen molar-refractivity contribution in [2.75, 3.05) is 6.61 Å². The summed E-state index contributed by atoms with van der Waals surface area (Å²) in [5.74, 6) is 0.849. The average Bonchev–Trinajstić information content (AvgIpc) is 2.48. The van der Waals surface area contributed by atoms with Crippen LogP contribution in [0.2, 0.25) is 0 Å². The third-order valence-corrected chi connectivity index (χ3v) is 3.24. The highest BCUT2D eigenvalue weighted by Gasteiger charge is 2.08. The van der Waals surface area contributed by atoms with Crippen LogP contribution < -0.4 is 9.47 Å². The zero-order valence-electron chi connectivity index (χ0n) is 12.7. The third kappa shape index (κ3) is 4.35. The van der Waals surface area contributed by atoms with Crippen LogP contribution in [0.4, 0.5) is 0 Å². The fraction of sp³-hybridized carbons (Fsp3) is 0.278. The summed E-state index contributed by atoms with van der Waals surface area (Å²) in [6.45, 7) is 5.91. The van der Waals surface area contributed by atoms with Gasteiger partial charge in [0.15, 0.2) is 6.61 Å². The molecule has 0 atom stereocenters. The van der Waals surface area contributed by atoms with Crippen LogP contribution in [0, 0.1) is 13.8 Å². The molecule has 0 N–H and O–H groups in total. The first-order valence-electron chi connectivity index (χ1n) is 7.08. The highest BCUT2D eigenvalue weighted by molar-refractivity contribution is 5.74. The highest BCUT2D eigenvalue weighted by atomic mass is 16.6. The molecule has 0 unspecified atom stereocenters. The Morgan fingerprint density at radius 1 is 1.05 bits per heavy atom. The molecule has 2 aromatic carbocycles.